The summed E-state index contributed by atoms with van der Waals surface area (Å²) in [5, 5.41) is 11.0. The number of aromatic nitrogens is 3. The largest absolute Gasteiger partial charge is 0.489 e. The maximum Gasteiger partial charge on any atom is 0.238 e. The highest BCUT2D eigenvalue weighted by Crippen LogP contribution is 2.34. The number of hydrogen-bond donors (Lipinski definition) is 2. The first kappa shape index (κ1) is 22.3. The lowest BCUT2D eigenvalue weighted by molar-refractivity contribution is 0.243. The number of anilines is 2. The van der Waals surface area contributed by atoms with E-state index in [0.29, 0.717) is 16.6 Å². The van der Waals surface area contributed by atoms with Gasteiger partial charge < -0.3 is 14.6 Å². The average molecular weight is 472 g/mol. The molecular formula is C22H25N5O3S2. The predicted octanol–water partition coefficient (Wildman–Crippen LogP) is 4.75. The molecule has 0 aliphatic rings. The van der Waals surface area contributed by atoms with Gasteiger partial charge in [-0.05, 0) is 50.6 Å². The summed E-state index contributed by atoms with van der Waals surface area (Å²) in [4.78, 5) is 9.18. The second-order valence-electron chi connectivity index (χ2n) is 7.67. The summed E-state index contributed by atoms with van der Waals surface area (Å²) in [5.74, 6) is 0.520. The number of fused-ring (bicyclic) bond motifs is 1. The number of nitrogens with zero attached hydrogens (tertiary/aromatic N) is 3. The van der Waals surface area contributed by atoms with Crippen LogP contribution >= 0.6 is 11.3 Å². The highest BCUT2D eigenvalue weighted by atomic mass is 32.2. The van der Waals surface area contributed by atoms with Crippen LogP contribution in [-0.4, -0.2) is 29.1 Å². The van der Waals surface area contributed by atoms with E-state index in [-0.39, 0.29) is 11.0 Å². The van der Waals surface area contributed by atoms with Crippen LogP contribution in [0.1, 0.15) is 27.2 Å². The first-order chi connectivity index (χ1) is 15.2. The lowest BCUT2D eigenvalue weighted by atomic mass is 10.1. The smallest absolute Gasteiger partial charge is 0.238 e. The summed E-state index contributed by atoms with van der Waals surface area (Å²) in [6.45, 7) is 6.87. The van der Waals surface area contributed by atoms with E-state index in [1.54, 1.807) is 6.07 Å². The van der Waals surface area contributed by atoms with Crippen LogP contribution in [0.4, 0.5) is 10.8 Å². The molecule has 0 unspecified atom stereocenters. The van der Waals surface area contributed by atoms with Crippen molar-refractivity contribution < 1.29 is 13.2 Å². The number of sulfonamides is 1. The highest BCUT2D eigenvalue weighted by Gasteiger charge is 2.15. The first-order valence-corrected chi connectivity index (χ1v) is 12.7. The Morgan fingerprint density at radius 1 is 1.22 bits per heavy atom. The van der Waals surface area contributed by atoms with Crippen molar-refractivity contribution in [1.82, 2.24) is 14.5 Å². The highest BCUT2D eigenvalue weighted by molar-refractivity contribution is 7.89. The third-order valence-corrected chi connectivity index (χ3v) is 6.44. The molecule has 8 nitrogen and oxygen atoms in total. The zero-order valence-electron chi connectivity index (χ0n) is 18.1. The van der Waals surface area contributed by atoms with Crippen molar-refractivity contribution in [3.8, 4) is 17.0 Å². The molecule has 10 heteroatoms. The van der Waals surface area contributed by atoms with E-state index in [1.165, 1.54) is 23.5 Å². The van der Waals surface area contributed by atoms with Gasteiger partial charge >= 0.3 is 0 Å². The van der Waals surface area contributed by atoms with Gasteiger partial charge in [0.05, 0.1) is 39.7 Å². The van der Waals surface area contributed by atoms with Gasteiger partial charge in [-0.2, -0.15) is 0 Å². The number of thiazole rings is 1. The summed E-state index contributed by atoms with van der Waals surface area (Å²) < 4.78 is 31.6. The van der Waals surface area contributed by atoms with Gasteiger partial charge in [-0.3, -0.25) is 0 Å². The second-order valence-corrected chi connectivity index (χ2v) is 10.1. The van der Waals surface area contributed by atoms with Gasteiger partial charge in [0, 0.05) is 17.5 Å². The van der Waals surface area contributed by atoms with Crippen molar-refractivity contribution in [1.29, 1.82) is 0 Å². The molecule has 0 spiro atoms. The Morgan fingerprint density at radius 3 is 2.75 bits per heavy atom. The predicted molar refractivity (Wildman–Crippen MR) is 128 cm³/mol. The van der Waals surface area contributed by atoms with Crippen molar-refractivity contribution >= 4 is 43.2 Å². The Kier molecular flexibility index (Phi) is 6.18. The van der Waals surface area contributed by atoms with Gasteiger partial charge in [-0.1, -0.05) is 13.0 Å². The fourth-order valence-corrected chi connectivity index (χ4v) is 4.63. The fourth-order valence-electron chi connectivity index (χ4n) is 3.36. The Balaban J connectivity index is 1.63. The number of imidazole rings is 1. The maximum absolute atomic E-state index is 11.8. The molecule has 2 aromatic heterocycles. The van der Waals surface area contributed by atoms with Crippen LogP contribution in [0, 0.1) is 0 Å². The molecule has 0 fully saturated rings. The van der Waals surface area contributed by atoms with E-state index in [2.05, 4.69) is 32.8 Å². The molecule has 0 amide bonds. The van der Waals surface area contributed by atoms with Gasteiger partial charge in [-0.25, -0.2) is 23.5 Å². The summed E-state index contributed by atoms with van der Waals surface area (Å²) in [6.07, 6.45) is 2.83. The third kappa shape index (κ3) is 4.77. The van der Waals surface area contributed by atoms with Gasteiger partial charge in [0.1, 0.15) is 5.75 Å². The summed E-state index contributed by atoms with van der Waals surface area (Å²) in [5.41, 5.74) is 4.27. The van der Waals surface area contributed by atoms with E-state index in [9.17, 15) is 8.42 Å². The van der Waals surface area contributed by atoms with Gasteiger partial charge in [0.2, 0.25) is 10.0 Å². The van der Waals surface area contributed by atoms with Crippen LogP contribution in [-0.2, 0) is 16.6 Å². The molecule has 0 aliphatic heterocycles. The van der Waals surface area contributed by atoms with E-state index < -0.39 is 10.0 Å². The zero-order valence-corrected chi connectivity index (χ0v) is 19.7. The van der Waals surface area contributed by atoms with Crippen molar-refractivity contribution in [2.24, 2.45) is 5.14 Å². The molecule has 168 valence electrons. The van der Waals surface area contributed by atoms with Crippen LogP contribution in [0.3, 0.4) is 0 Å². The SMILES string of the molecule is CCCn1cnc2cc(-c3csc(Nc4cc(S(N)(=O)=O)ccc4OC(C)C)n3)ccc21. The van der Waals surface area contributed by atoms with Crippen LogP contribution in [0.25, 0.3) is 22.3 Å². The molecule has 0 aliphatic carbocycles. The van der Waals surface area contributed by atoms with Crippen LogP contribution in [0.2, 0.25) is 0 Å². The molecule has 4 aromatic rings. The maximum atomic E-state index is 11.8. The molecule has 3 N–H and O–H groups in total. The molecule has 4 rings (SSSR count). The number of benzene rings is 2. The van der Waals surface area contributed by atoms with Crippen LogP contribution in [0.15, 0.2) is 53.0 Å². The Bertz CT molecular complexity index is 1360. The Hall–Kier alpha value is -2.95. The minimum Gasteiger partial charge on any atom is -0.489 e. The van der Waals surface area contributed by atoms with Crippen molar-refractivity contribution in [2.75, 3.05) is 5.32 Å². The minimum atomic E-state index is -3.85. The lowest BCUT2D eigenvalue weighted by Gasteiger charge is -2.15. The standard InChI is InChI=1S/C22H25N5O3S2/c1-4-9-27-13-24-17-10-15(5-7-20(17)27)19-12-31-22(26-19)25-18-11-16(32(23,28)29)6-8-21(18)30-14(2)3/h5-8,10-14H,4,9H2,1-3H3,(H,25,26)(H2,23,28,29). The topological polar surface area (TPSA) is 112 Å². The van der Waals surface area contributed by atoms with Gasteiger partial charge in [0.15, 0.2) is 5.13 Å². The molecule has 0 radical (unpaired) electrons. The van der Waals surface area contributed by atoms with Gasteiger partial charge in [-0.15, -0.1) is 11.3 Å². The van der Waals surface area contributed by atoms with Crippen molar-refractivity contribution in [3.05, 3.63) is 48.1 Å². The first-order valence-electron chi connectivity index (χ1n) is 10.3. The molecule has 0 bridgehead atoms. The Labute approximate surface area is 191 Å². The van der Waals surface area contributed by atoms with Crippen LogP contribution < -0.4 is 15.2 Å². The fraction of sp³-hybridized carbons (Fsp3) is 0.273. The number of nitrogens with two attached hydrogens (primary N) is 1. The number of aryl methyl sites for hydroxylation is 1. The van der Waals surface area contributed by atoms with Crippen LogP contribution in [0.5, 0.6) is 5.75 Å². The summed E-state index contributed by atoms with van der Waals surface area (Å²) in [7, 11) is -3.85. The number of ether oxygens (including phenoxy) is 1. The molecule has 0 atom stereocenters. The lowest BCUT2D eigenvalue weighted by Crippen LogP contribution is -2.13. The normalized spacial score (nSPS) is 11.9. The molecule has 2 aromatic carbocycles. The molecule has 0 saturated heterocycles. The minimum absolute atomic E-state index is 0.000929. The quantitative estimate of drug-likeness (QED) is 0.384. The Morgan fingerprint density at radius 2 is 2.03 bits per heavy atom. The van der Waals surface area contributed by atoms with E-state index in [0.717, 1.165) is 35.3 Å². The number of rotatable bonds is 8. The summed E-state index contributed by atoms with van der Waals surface area (Å²) in [6, 6.07) is 10.6. The monoisotopic (exact) mass is 471 g/mol. The third-order valence-electron chi connectivity index (χ3n) is 4.77. The van der Waals surface area contributed by atoms with Gasteiger partial charge in [0.25, 0.3) is 0 Å². The van der Waals surface area contributed by atoms with Crippen molar-refractivity contribution in [2.45, 2.75) is 44.7 Å². The number of primary sulfonamides is 1. The summed E-state index contributed by atoms with van der Waals surface area (Å²) >= 11 is 1.41. The average Bonchev–Trinajstić information content (AvgIpc) is 3.35. The van der Waals surface area contributed by atoms with Crippen molar-refractivity contribution in [3.63, 3.8) is 0 Å². The number of nitrogens with one attached hydrogen (secondary N) is 1. The zero-order chi connectivity index (χ0) is 22.9. The molecule has 0 saturated carbocycles. The molecular weight excluding hydrogens is 446 g/mol. The van der Waals surface area contributed by atoms with E-state index in [4.69, 9.17) is 9.88 Å². The van der Waals surface area contributed by atoms with E-state index in [1.807, 2.05) is 37.7 Å². The number of hydrogen-bond acceptors (Lipinski definition) is 7. The van der Waals surface area contributed by atoms with E-state index >= 15 is 0 Å². The second kappa shape index (κ2) is 8.89. The molecule has 32 heavy (non-hydrogen) atoms. The molecule has 2 heterocycles.